The quantitative estimate of drug-likeness (QED) is 0.849. The molecule has 0 bridgehead atoms. The van der Waals surface area contributed by atoms with Crippen molar-refractivity contribution in [3.63, 3.8) is 0 Å². The molecule has 1 aromatic carbocycles. The van der Waals surface area contributed by atoms with E-state index in [1.807, 2.05) is 0 Å². The number of ketones is 1. The molecule has 0 amide bonds. The van der Waals surface area contributed by atoms with E-state index in [0.717, 1.165) is 5.56 Å². The van der Waals surface area contributed by atoms with Gasteiger partial charge in [0.25, 0.3) is 0 Å². The van der Waals surface area contributed by atoms with Gasteiger partial charge in [-0.3, -0.25) is 4.79 Å². The fraction of sp³-hybridized carbons (Fsp3) is 0.0769. The SMILES string of the molecule is Cc1cnc(N)c(C(=O)c2cccc(Cl)c2F)c1. The average Bonchev–Trinajstić information content (AvgIpc) is 2.35. The molecule has 5 heteroatoms. The summed E-state index contributed by atoms with van der Waals surface area (Å²) in [6.45, 7) is 1.78. The van der Waals surface area contributed by atoms with E-state index in [0.29, 0.717) is 0 Å². The van der Waals surface area contributed by atoms with Crippen molar-refractivity contribution in [2.45, 2.75) is 6.92 Å². The van der Waals surface area contributed by atoms with Crippen molar-refractivity contribution in [3.8, 4) is 0 Å². The zero-order valence-corrected chi connectivity index (χ0v) is 10.3. The van der Waals surface area contributed by atoms with E-state index >= 15 is 0 Å². The number of hydrogen-bond acceptors (Lipinski definition) is 3. The van der Waals surface area contributed by atoms with E-state index in [4.69, 9.17) is 17.3 Å². The number of nitrogens with two attached hydrogens (primary N) is 1. The Hall–Kier alpha value is -1.94. The number of benzene rings is 1. The molecule has 0 spiro atoms. The summed E-state index contributed by atoms with van der Waals surface area (Å²) in [5, 5.41) is -0.0972. The molecule has 0 saturated carbocycles. The summed E-state index contributed by atoms with van der Waals surface area (Å²) in [5.41, 5.74) is 6.47. The second-order valence-corrected chi connectivity index (χ2v) is 4.28. The number of carbonyl (C=O) groups excluding carboxylic acids is 1. The van der Waals surface area contributed by atoms with Crippen LogP contribution in [0.1, 0.15) is 21.5 Å². The highest BCUT2D eigenvalue weighted by Crippen LogP contribution is 2.22. The number of nitrogens with zero attached hydrogens (tertiary/aromatic N) is 1. The van der Waals surface area contributed by atoms with Crippen molar-refractivity contribution in [2.24, 2.45) is 0 Å². The first kappa shape index (κ1) is 12.5. The summed E-state index contributed by atoms with van der Waals surface area (Å²) >= 11 is 5.64. The van der Waals surface area contributed by atoms with E-state index < -0.39 is 11.6 Å². The third-order valence-electron chi connectivity index (χ3n) is 2.50. The number of halogens is 2. The number of aromatic nitrogens is 1. The second-order valence-electron chi connectivity index (χ2n) is 3.88. The average molecular weight is 265 g/mol. The van der Waals surface area contributed by atoms with Crippen LogP contribution in [0.25, 0.3) is 0 Å². The minimum absolute atomic E-state index is 0.0741. The number of rotatable bonds is 2. The summed E-state index contributed by atoms with van der Waals surface area (Å²) < 4.78 is 13.8. The Morgan fingerprint density at radius 1 is 1.39 bits per heavy atom. The van der Waals surface area contributed by atoms with Gasteiger partial charge in [0, 0.05) is 6.20 Å². The van der Waals surface area contributed by atoms with Crippen molar-refractivity contribution < 1.29 is 9.18 Å². The number of pyridine rings is 1. The van der Waals surface area contributed by atoms with Crippen molar-refractivity contribution in [1.29, 1.82) is 0 Å². The highest BCUT2D eigenvalue weighted by molar-refractivity contribution is 6.31. The lowest BCUT2D eigenvalue weighted by molar-refractivity contribution is 0.103. The molecular formula is C13H10ClFN2O. The van der Waals surface area contributed by atoms with Gasteiger partial charge in [0.2, 0.25) is 0 Å². The summed E-state index contributed by atoms with van der Waals surface area (Å²) in [4.78, 5) is 16.1. The minimum Gasteiger partial charge on any atom is -0.383 e. The van der Waals surface area contributed by atoms with Crippen LogP contribution in [-0.2, 0) is 0 Å². The van der Waals surface area contributed by atoms with E-state index in [9.17, 15) is 9.18 Å². The molecule has 0 aliphatic carbocycles. The maximum Gasteiger partial charge on any atom is 0.199 e. The predicted molar refractivity (Wildman–Crippen MR) is 68.2 cm³/mol. The number of nitrogen functional groups attached to an aromatic ring is 1. The van der Waals surface area contributed by atoms with E-state index in [1.165, 1.54) is 18.2 Å². The van der Waals surface area contributed by atoms with Gasteiger partial charge in [-0.1, -0.05) is 17.7 Å². The summed E-state index contributed by atoms with van der Waals surface area (Å²) in [6, 6.07) is 5.83. The Labute approximate surface area is 108 Å². The van der Waals surface area contributed by atoms with Gasteiger partial charge in [0.1, 0.15) is 5.82 Å². The van der Waals surface area contributed by atoms with Gasteiger partial charge in [0.05, 0.1) is 16.1 Å². The van der Waals surface area contributed by atoms with Gasteiger partial charge in [-0.15, -0.1) is 0 Å². The normalized spacial score (nSPS) is 10.4. The molecule has 0 aliphatic heterocycles. The molecular weight excluding hydrogens is 255 g/mol. The summed E-state index contributed by atoms with van der Waals surface area (Å²) in [6.07, 6.45) is 1.54. The highest BCUT2D eigenvalue weighted by Gasteiger charge is 2.18. The molecule has 0 atom stereocenters. The molecule has 0 radical (unpaired) electrons. The van der Waals surface area contributed by atoms with Crippen LogP contribution in [0, 0.1) is 12.7 Å². The first-order chi connectivity index (χ1) is 8.50. The number of anilines is 1. The van der Waals surface area contributed by atoms with Crippen LogP contribution in [0.15, 0.2) is 30.5 Å². The Balaban J connectivity index is 2.55. The van der Waals surface area contributed by atoms with Crippen molar-refractivity contribution in [1.82, 2.24) is 4.98 Å². The lowest BCUT2D eigenvalue weighted by Crippen LogP contribution is -2.09. The molecule has 3 nitrogen and oxygen atoms in total. The van der Waals surface area contributed by atoms with Crippen molar-refractivity contribution in [3.05, 3.63) is 58.0 Å². The van der Waals surface area contributed by atoms with Crippen LogP contribution in [0.3, 0.4) is 0 Å². The van der Waals surface area contributed by atoms with Crippen LogP contribution in [0.5, 0.6) is 0 Å². The summed E-state index contributed by atoms with van der Waals surface area (Å²) in [5.74, 6) is -1.20. The minimum atomic E-state index is -0.745. The fourth-order valence-corrected chi connectivity index (χ4v) is 1.76. The monoisotopic (exact) mass is 264 g/mol. The van der Waals surface area contributed by atoms with E-state index in [2.05, 4.69) is 4.98 Å². The molecule has 92 valence electrons. The molecule has 18 heavy (non-hydrogen) atoms. The van der Waals surface area contributed by atoms with Crippen LogP contribution in [-0.4, -0.2) is 10.8 Å². The molecule has 1 aromatic heterocycles. The second kappa shape index (κ2) is 4.74. The van der Waals surface area contributed by atoms with E-state index in [-0.39, 0.29) is 22.0 Å². The smallest absolute Gasteiger partial charge is 0.199 e. The van der Waals surface area contributed by atoms with Crippen LogP contribution in [0.4, 0.5) is 10.2 Å². The molecule has 2 rings (SSSR count). The Morgan fingerprint density at radius 2 is 2.11 bits per heavy atom. The first-order valence-corrected chi connectivity index (χ1v) is 5.59. The molecule has 2 aromatic rings. The number of aryl methyl sites for hydroxylation is 1. The molecule has 0 unspecified atom stereocenters. The largest absolute Gasteiger partial charge is 0.383 e. The van der Waals surface area contributed by atoms with Crippen molar-refractivity contribution in [2.75, 3.05) is 5.73 Å². The first-order valence-electron chi connectivity index (χ1n) is 5.21. The van der Waals surface area contributed by atoms with Gasteiger partial charge in [-0.2, -0.15) is 0 Å². The van der Waals surface area contributed by atoms with Gasteiger partial charge < -0.3 is 5.73 Å². The molecule has 1 heterocycles. The maximum atomic E-state index is 13.8. The Morgan fingerprint density at radius 3 is 2.83 bits per heavy atom. The number of hydrogen-bond donors (Lipinski definition) is 1. The van der Waals surface area contributed by atoms with Crippen LogP contribution < -0.4 is 5.73 Å². The topological polar surface area (TPSA) is 56.0 Å². The van der Waals surface area contributed by atoms with Crippen LogP contribution in [0.2, 0.25) is 5.02 Å². The third kappa shape index (κ3) is 2.19. The lowest BCUT2D eigenvalue weighted by Gasteiger charge is -2.06. The Kier molecular flexibility index (Phi) is 3.30. The Bertz CT molecular complexity index is 624. The van der Waals surface area contributed by atoms with Gasteiger partial charge in [-0.05, 0) is 30.7 Å². The van der Waals surface area contributed by atoms with Gasteiger partial charge in [-0.25, -0.2) is 9.37 Å². The molecule has 2 N–H and O–H groups in total. The van der Waals surface area contributed by atoms with Crippen LogP contribution >= 0.6 is 11.6 Å². The maximum absolute atomic E-state index is 13.8. The summed E-state index contributed by atoms with van der Waals surface area (Å²) in [7, 11) is 0. The number of carbonyl (C=O) groups is 1. The van der Waals surface area contributed by atoms with E-state index in [1.54, 1.807) is 19.2 Å². The molecule has 0 saturated heterocycles. The zero-order chi connectivity index (χ0) is 13.3. The molecule has 0 aliphatic rings. The highest BCUT2D eigenvalue weighted by atomic mass is 35.5. The standard InChI is InChI=1S/C13H10ClFN2O/c1-7-5-9(13(16)17-6-7)12(18)8-3-2-4-10(14)11(8)15/h2-6H,1H3,(H2,16,17). The third-order valence-corrected chi connectivity index (χ3v) is 2.79. The van der Waals surface area contributed by atoms with Crippen molar-refractivity contribution >= 4 is 23.2 Å². The fourth-order valence-electron chi connectivity index (χ4n) is 1.59. The zero-order valence-electron chi connectivity index (χ0n) is 9.58. The van der Waals surface area contributed by atoms with Gasteiger partial charge in [0.15, 0.2) is 11.6 Å². The molecule has 0 fully saturated rings. The van der Waals surface area contributed by atoms with Gasteiger partial charge >= 0.3 is 0 Å². The predicted octanol–water partition coefficient (Wildman–Crippen LogP) is 3.00. The lowest BCUT2D eigenvalue weighted by atomic mass is 10.0.